The van der Waals surface area contributed by atoms with E-state index in [1.807, 2.05) is 26.0 Å². The molecule has 0 bridgehead atoms. The molecule has 1 aromatic rings. The topological polar surface area (TPSA) is 47.3 Å². The van der Waals surface area contributed by atoms with Crippen LogP contribution in [0.15, 0.2) is 28.7 Å². The normalized spacial score (nSPS) is 13.1. The van der Waals surface area contributed by atoms with Gasteiger partial charge in [0, 0.05) is 10.5 Å². The number of rotatable bonds is 6. The molecule has 16 heavy (non-hydrogen) atoms. The molecule has 90 valence electrons. The van der Waals surface area contributed by atoms with Crippen LogP contribution in [0.2, 0.25) is 0 Å². The Kier molecular flexibility index (Phi) is 5.98. The lowest BCUT2D eigenvalue weighted by molar-refractivity contribution is 0.0613. The molecule has 3 N–H and O–H groups in total. The van der Waals surface area contributed by atoms with E-state index < -0.39 is 0 Å². The van der Waals surface area contributed by atoms with Crippen molar-refractivity contribution in [3.05, 3.63) is 34.3 Å². The molecule has 0 aliphatic heterocycles. The summed E-state index contributed by atoms with van der Waals surface area (Å²) in [5, 5.41) is 0. The van der Waals surface area contributed by atoms with Gasteiger partial charge in [-0.15, -0.1) is 0 Å². The SMILES string of the molecule is CC(C)OCC(Cc1cccc(Br)c1)NN. The average molecular weight is 287 g/mol. The fraction of sp³-hybridized carbons (Fsp3) is 0.500. The van der Waals surface area contributed by atoms with Crippen LogP contribution in [-0.2, 0) is 11.2 Å². The first-order valence-electron chi connectivity index (χ1n) is 5.44. The fourth-order valence-electron chi connectivity index (χ4n) is 1.42. The molecule has 0 heterocycles. The molecule has 1 unspecified atom stereocenters. The molecule has 3 nitrogen and oxygen atoms in total. The van der Waals surface area contributed by atoms with Gasteiger partial charge in [0.1, 0.15) is 0 Å². The molecule has 0 spiro atoms. The zero-order valence-corrected chi connectivity index (χ0v) is 11.3. The van der Waals surface area contributed by atoms with Gasteiger partial charge < -0.3 is 4.74 Å². The summed E-state index contributed by atoms with van der Waals surface area (Å²) in [6.45, 7) is 4.67. The lowest BCUT2D eigenvalue weighted by Gasteiger charge is -2.17. The second-order valence-corrected chi connectivity index (χ2v) is 5.00. The third-order valence-electron chi connectivity index (χ3n) is 2.24. The summed E-state index contributed by atoms with van der Waals surface area (Å²) in [6.07, 6.45) is 1.10. The van der Waals surface area contributed by atoms with E-state index in [9.17, 15) is 0 Å². The van der Waals surface area contributed by atoms with Gasteiger partial charge in [-0.3, -0.25) is 11.3 Å². The van der Waals surface area contributed by atoms with Crippen LogP contribution in [0, 0.1) is 0 Å². The summed E-state index contributed by atoms with van der Waals surface area (Å²) in [4.78, 5) is 0. The highest BCUT2D eigenvalue weighted by Crippen LogP contribution is 2.13. The standard InChI is InChI=1S/C12H19BrN2O/c1-9(2)16-8-12(15-14)7-10-4-3-5-11(13)6-10/h3-6,9,12,15H,7-8,14H2,1-2H3. The molecule has 1 atom stereocenters. The minimum atomic E-state index is 0.150. The van der Waals surface area contributed by atoms with Gasteiger partial charge in [0.2, 0.25) is 0 Å². The summed E-state index contributed by atoms with van der Waals surface area (Å²) in [6, 6.07) is 8.37. The molecule has 1 aromatic carbocycles. The van der Waals surface area contributed by atoms with E-state index in [1.165, 1.54) is 5.56 Å². The third kappa shape index (κ3) is 5.07. The van der Waals surface area contributed by atoms with E-state index in [-0.39, 0.29) is 12.1 Å². The summed E-state index contributed by atoms with van der Waals surface area (Å²) in [7, 11) is 0. The van der Waals surface area contributed by atoms with Crippen LogP contribution >= 0.6 is 15.9 Å². The molecule has 0 saturated carbocycles. The Morgan fingerprint density at radius 1 is 1.44 bits per heavy atom. The number of hydrogen-bond donors (Lipinski definition) is 2. The molecule has 0 aliphatic carbocycles. The van der Waals surface area contributed by atoms with Gasteiger partial charge in [-0.25, -0.2) is 0 Å². The number of nitrogens with two attached hydrogens (primary N) is 1. The first kappa shape index (κ1) is 13.6. The smallest absolute Gasteiger partial charge is 0.0639 e. The first-order chi connectivity index (χ1) is 7.61. The van der Waals surface area contributed by atoms with Crippen LogP contribution in [0.4, 0.5) is 0 Å². The second kappa shape index (κ2) is 7.01. The Morgan fingerprint density at radius 2 is 2.19 bits per heavy atom. The predicted molar refractivity (Wildman–Crippen MR) is 70.0 cm³/mol. The highest BCUT2D eigenvalue weighted by molar-refractivity contribution is 9.10. The maximum absolute atomic E-state index is 5.54. The van der Waals surface area contributed by atoms with Crippen molar-refractivity contribution in [1.29, 1.82) is 0 Å². The van der Waals surface area contributed by atoms with Crippen LogP contribution < -0.4 is 11.3 Å². The summed E-state index contributed by atoms with van der Waals surface area (Å²) in [5.74, 6) is 5.50. The van der Waals surface area contributed by atoms with Gasteiger partial charge in [0.25, 0.3) is 0 Å². The van der Waals surface area contributed by atoms with Crippen molar-refractivity contribution in [3.63, 3.8) is 0 Å². The van der Waals surface area contributed by atoms with Gasteiger partial charge in [-0.05, 0) is 38.0 Å². The number of hydrogen-bond acceptors (Lipinski definition) is 3. The zero-order valence-electron chi connectivity index (χ0n) is 9.74. The van der Waals surface area contributed by atoms with Crippen LogP contribution in [0.25, 0.3) is 0 Å². The van der Waals surface area contributed by atoms with Crippen molar-refractivity contribution in [2.45, 2.75) is 32.4 Å². The highest BCUT2D eigenvalue weighted by Gasteiger charge is 2.09. The molecule has 1 rings (SSSR count). The van der Waals surface area contributed by atoms with E-state index >= 15 is 0 Å². The van der Waals surface area contributed by atoms with E-state index in [1.54, 1.807) is 0 Å². The molecule has 4 heteroatoms. The van der Waals surface area contributed by atoms with Crippen LogP contribution in [0.3, 0.4) is 0 Å². The summed E-state index contributed by atoms with van der Waals surface area (Å²) in [5.41, 5.74) is 4.03. The monoisotopic (exact) mass is 286 g/mol. The third-order valence-corrected chi connectivity index (χ3v) is 2.73. The zero-order chi connectivity index (χ0) is 12.0. The van der Waals surface area contributed by atoms with Gasteiger partial charge in [-0.2, -0.15) is 0 Å². The van der Waals surface area contributed by atoms with Gasteiger partial charge in [-0.1, -0.05) is 28.1 Å². The minimum Gasteiger partial charge on any atom is -0.377 e. The first-order valence-corrected chi connectivity index (χ1v) is 6.23. The number of nitrogens with one attached hydrogen (secondary N) is 1. The second-order valence-electron chi connectivity index (χ2n) is 4.08. The van der Waals surface area contributed by atoms with Crippen molar-refractivity contribution in [3.8, 4) is 0 Å². The van der Waals surface area contributed by atoms with Crippen LogP contribution in [0.1, 0.15) is 19.4 Å². The van der Waals surface area contributed by atoms with E-state index in [4.69, 9.17) is 10.6 Å². The summed E-state index contributed by atoms with van der Waals surface area (Å²) >= 11 is 3.45. The van der Waals surface area contributed by atoms with Gasteiger partial charge in [0.15, 0.2) is 0 Å². The molecule has 0 aliphatic rings. The maximum Gasteiger partial charge on any atom is 0.0639 e. The maximum atomic E-state index is 5.54. The van der Waals surface area contributed by atoms with Crippen molar-refractivity contribution < 1.29 is 4.74 Å². The lowest BCUT2D eigenvalue weighted by atomic mass is 10.1. The number of ether oxygens (including phenoxy) is 1. The molecular weight excluding hydrogens is 268 g/mol. The fourth-order valence-corrected chi connectivity index (χ4v) is 1.87. The molecule has 0 fully saturated rings. The van der Waals surface area contributed by atoms with E-state index in [2.05, 4.69) is 33.5 Å². The Hall–Kier alpha value is -0.420. The molecule has 0 aromatic heterocycles. The Balaban J connectivity index is 2.49. The molecule has 0 radical (unpaired) electrons. The van der Waals surface area contributed by atoms with Crippen molar-refractivity contribution in [2.24, 2.45) is 5.84 Å². The average Bonchev–Trinajstić information content (AvgIpc) is 2.24. The Morgan fingerprint density at radius 3 is 2.75 bits per heavy atom. The summed E-state index contributed by atoms with van der Waals surface area (Å²) < 4.78 is 6.63. The Bertz CT molecular complexity index is 318. The molecular formula is C12H19BrN2O. The van der Waals surface area contributed by atoms with E-state index in [0.29, 0.717) is 6.61 Å². The quantitative estimate of drug-likeness (QED) is 0.623. The Labute approximate surface area is 105 Å². The van der Waals surface area contributed by atoms with Crippen LogP contribution in [0.5, 0.6) is 0 Å². The van der Waals surface area contributed by atoms with Crippen molar-refractivity contribution in [2.75, 3.05) is 6.61 Å². The largest absolute Gasteiger partial charge is 0.377 e. The van der Waals surface area contributed by atoms with Crippen LogP contribution in [-0.4, -0.2) is 18.8 Å². The van der Waals surface area contributed by atoms with Gasteiger partial charge in [0.05, 0.1) is 12.7 Å². The lowest BCUT2D eigenvalue weighted by Crippen LogP contribution is -2.40. The van der Waals surface area contributed by atoms with Crippen molar-refractivity contribution >= 4 is 15.9 Å². The number of benzene rings is 1. The molecule has 0 amide bonds. The number of hydrazine groups is 1. The van der Waals surface area contributed by atoms with Crippen molar-refractivity contribution in [1.82, 2.24) is 5.43 Å². The highest BCUT2D eigenvalue weighted by atomic mass is 79.9. The molecule has 0 saturated heterocycles. The number of halogens is 1. The minimum absolute atomic E-state index is 0.150. The van der Waals surface area contributed by atoms with E-state index in [0.717, 1.165) is 10.9 Å². The van der Waals surface area contributed by atoms with Gasteiger partial charge >= 0.3 is 0 Å². The predicted octanol–water partition coefficient (Wildman–Crippen LogP) is 2.25.